The molecule has 0 radical (unpaired) electrons. The van der Waals surface area contributed by atoms with Gasteiger partial charge in [0.15, 0.2) is 0 Å². The number of nitro groups is 1. The smallest absolute Gasteiger partial charge is 0.324 e. The number of halogens is 1. The summed E-state index contributed by atoms with van der Waals surface area (Å²) in [6, 6.07) is 6.55. The van der Waals surface area contributed by atoms with Crippen molar-refractivity contribution < 1.29 is 9.72 Å². The van der Waals surface area contributed by atoms with Gasteiger partial charge in [-0.1, -0.05) is 17.4 Å². The fraction of sp³-hybridized carbons (Fsp3) is 0.286. The van der Waals surface area contributed by atoms with Crippen molar-refractivity contribution in [1.82, 2.24) is 15.2 Å². The Kier molecular flexibility index (Phi) is 5.64. The summed E-state index contributed by atoms with van der Waals surface area (Å²) in [6.45, 7) is 1.91. The van der Waals surface area contributed by atoms with Crippen molar-refractivity contribution in [3.63, 3.8) is 0 Å². The quantitative estimate of drug-likeness (QED) is 0.674. The van der Waals surface area contributed by atoms with Crippen molar-refractivity contribution in [2.75, 3.05) is 19.6 Å². The molecule has 23 heavy (non-hydrogen) atoms. The normalized spacial score (nSPS) is 17.4. The molecule has 9 heteroatoms. The highest BCUT2D eigenvalue weighted by molar-refractivity contribution is 7.17. The summed E-state index contributed by atoms with van der Waals surface area (Å²) in [5, 5.41) is 14.0. The van der Waals surface area contributed by atoms with Crippen LogP contribution >= 0.6 is 23.7 Å². The van der Waals surface area contributed by atoms with Gasteiger partial charge in [0, 0.05) is 38.1 Å². The number of carbonyl (C=O) groups is 1. The molecule has 2 aromatic rings. The summed E-state index contributed by atoms with van der Waals surface area (Å²) in [5.41, 5.74) is 0.953. The Balaban J connectivity index is 0.00000192. The lowest BCUT2D eigenvalue weighted by Crippen LogP contribution is -2.48. The summed E-state index contributed by atoms with van der Waals surface area (Å²) < 4.78 is 0. The number of piperazine rings is 1. The number of carbonyl (C=O) groups excluding carboxylic acids is 1. The molecule has 1 fully saturated rings. The SMILES string of the molecule is Cl.O=C(c1ccc([N+](=O)[O-])s1)N1CCNCC1c1cccnc1. The first-order valence-corrected chi connectivity index (χ1v) is 7.64. The minimum absolute atomic E-state index is 0. The highest BCUT2D eigenvalue weighted by atomic mass is 35.5. The van der Waals surface area contributed by atoms with Crippen LogP contribution in [0.5, 0.6) is 0 Å². The Morgan fingerprint density at radius 2 is 2.26 bits per heavy atom. The van der Waals surface area contributed by atoms with Crippen LogP contribution in [0.25, 0.3) is 0 Å². The van der Waals surface area contributed by atoms with E-state index < -0.39 is 4.92 Å². The Morgan fingerprint density at radius 1 is 1.43 bits per heavy atom. The molecule has 1 aliphatic heterocycles. The summed E-state index contributed by atoms with van der Waals surface area (Å²) in [5.74, 6) is -0.173. The fourth-order valence-electron chi connectivity index (χ4n) is 2.50. The second kappa shape index (κ2) is 7.49. The predicted molar refractivity (Wildman–Crippen MR) is 89.1 cm³/mol. The van der Waals surface area contributed by atoms with E-state index >= 15 is 0 Å². The van der Waals surface area contributed by atoms with Crippen LogP contribution in [0.2, 0.25) is 0 Å². The van der Waals surface area contributed by atoms with Gasteiger partial charge >= 0.3 is 5.00 Å². The van der Waals surface area contributed by atoms with Crippen LogP contribution < -0.4 is 5.32 Å². The molecule has 1 amide bonds. The molecule has 1 unspecified atom stereocenters. The fourth-order valence-corrected chi connectivity index (χ4v) is 3.28. The van der Waals surface area contributed by atoms with Gasteiger partial charge < -0.3 is 10.2 Å². The van der Waals surface area contributed by atoms with Gasteiger partial charge in [0.1, 0.15) is 0 Å². The van der Waals surface area contributed by atoms with Crippen LogP contribution in [0.3, 0.4) is 0 Å². The molecule has 122 valence electrons. The van der Waals surface area contributed by atoms with E-state index in [1.807, 2.05) is 12.1 Å². The molecular weight excluding hydrogens is 340 g/mol. The van der Waals surface area contributed by atoms with Gasteiger partial charge in [-0.25, -0.2) is 0 Å². The van der Waals surface area contributed by atoms with Crippen LogP contribution in [-0.2, 0) is 0 Å². The minimum Gasteiger partial charge on any atom is -0.328 e. The molecule has 1 saturated heterocycles. The Bertz CT molecular complexity index is 694. The summed E-state index contributed by atoms with van der Waals surface area (Å²) >= 11 is 0.914. The first kappa shape index (κ1) is 17.3. The van der Waals surface area contributed by atoms with Crippen molar-refractivity contribution in [3.05, 3.63) is 57.2 Å². The van der Waals surface area contributed by atoms with E-state index in [0.717, 1.165) is 16.9 Å². The van der Waals surface area contributed by atoms with Crippen molar-refractivity contribution in [3.8, 4) is 0 Å². The van der Waals surface area contributed by atoms with E-state index in [4.69, 9.17) is 0 Å². The van der Waals surface area contributed by atoms with Gasteiger partial charge in [0.2, 0.25) is 0 Å². The van der Waals surface area contributed by atoms with E-state index in [2.05, 4.69) is 10.3 Å². The molecule has 1 N–H and O–H groups in total. The van der Waals surface area contributed by atoms with E-state index in [9.17, 15) is 14.9 Å². The van der Waals surface area contributed by atoms with Gasteiger partial charge in [0.05, 0.1) is 15.8 Å². The maximum Gasteiger partial charge on any atom is 0.324 e. The maximum atomic E-state index is 12.7. The second-order valence-corrected chi connectivity index (χ2v) is 5.96. The van der Waals surface area contributed by atoms with Gasteiger partial charge in [0.25, 0.3) is 5.91 Å². The van der Waals surface area contributed by atoms with Crippen LogP contribution in [0.15, 0.2) is 36.7 Å². The number of thiophene rings is 1. The highest BCUT2D eigenvalue weighted by Gasteiger charge is 2.30. The van der Waals surface area contributed by atoms with Gasteiger partial charge in [-0.2, -0.15) is 0 Å². The topological polar surface area (TPSA) is 88.4 Å². The van der Waals surface area contributed by atoms with Crippen molar-refractivity contribution in [1.29, 1.82) is 0 Å². The number of nitrogens with one attached hydrogen (secondary N) is 1. The number of nitrogens with zero attached hydrogens (tertiary/aromatic N) is 3. The highest BCUT2D eigenvalue weighted by Crippen LogP contribution is 2.29. The Morgan fingerprint density at radius 3 is 2.91 bits per heavy atom. The zero-order chi connectivity index (χ0) is 15.5. The third-order valence-corrected chi connectivity index (χ3v) is 4.58. The average molecular weight is 355 g/mol. The summed E-state index contributed by atoms with van der Waals surface area (Å²) in [7, 11) is 0. The lowest BCUT2D eigenvalue weighted by Gasteiger charge is -2.36. The van der Waals surface area contributed by atoms with Crippen LogP contribution in [0, 0.1) is 10.1 Å². The molecule has 0 saturated carbocycles. The Labute approximate surface area is 142 Å². The molecule has 1 aliphatic rings. The van der Waals surface area contributed by atoms with Crippen molar-refractivity contribution >= 4 is 34.7 Å². The summed E-state index contributed by atoms with van der Waals surface area (Å²) in [4.78, 5) is 29.2. The zero-order valence-electron chi connectivity index (χ0n) is 12.0. The molecule has 2 aromatic heterocycles. The monoisotopic (exact) mass is 354 g/mol. The van der Waals surface area contributed by atoms with E-state index in [1.54, 1.807) is 17.3 Å². The molecule has 0 spiro atoms. The van der Waals surface area contributed by atoms with E-state index in [0.29, 0.717) is 24.5 Å². The van der Waals surface area contributed by atoms with Crippen LogP contribution in [0.4, 0.5) is 5.00 Å². The number of amides is 1. The molecule has 0 aromatic carbocycles. The van der Waals surface area contributed by atoms with Crippen LogP contribution in [0.1, 0.15) is 21.3 Å². The van der Waals surface area contributed by atoms with Crippen molar-refractivity contribution in [2.24, 2.45) is 0 Å². The minimum atomic E-state index is -0.474. The molecule has 1 atom stereocenters. The van der Waals surface area contributed by atoms with Gasteiger partial charge in [-0.05, 0) is 17.7 Å². The van der Waals surface area contributed by atoms with Crippen LogP contribution in [-0.4, -0.2) is 40.3 Å². The second-order valence-electron chi connectivity index (χ2n) is 4.90. The van der Waals surface area contributed by atoms with Crippen molar-refractivity contribution in [2.45, 2.75) is 6.04 Å². The number of rotatable bonds is 3. The van der Waals surface area contributed by atoms with E-state index in [-0.39, 0.29) is 29.4 Å². The first-order valence-electron chi connectivity index (χ1n) is 6.82. The largest absolute Gasteiger partial charge is 0.328 e. The molecule has 0 aliphatic carbocycles. The Hall–Kier alpha value is -2.03. The number of aromatic nitrogens is 1. The predicted octanol–water partition coefficient (Wildman–Crippen LogP) is 2.26. The molecular formula is C14H15ClN4O3S. The lowest BCUT2D eigenvalue weighted by atomic mass is 10.1. The number of hydrogen-bond donors (Lipinski definition) is 1. The standard InChI is InChI=1S/C14H14N4O3S.ClH/c19-14(12-3-4-13(22-12)18(20)21)17-7-6-16-9-11(17)10-2-1-5-15-8-10;/h1-5,8,11,16H,6-7,9H2;1H. The molecule has 7 nitrogen and oxygen atoms in total. The number of hydrogen-bond acceptors (Lipinski definition) is 6. The molecule has 3 rings (SSSR count). The zero-order valence-corrected chi connectivity index (χ0v) is 13.7. The van der Waals surface area contributed by atoms with E-state index in [1.165, 1.54) is 12.1 Å². The maximum absolute atomic E-state index is 12.7. The van der Waals surface area contributed by atoms with Gasteiger partial charge in [-0.15, -0.1) is 12.4 Å². The summed E-state index contributed by atoms with van der Waals surface area (Å²) in [6.07, 6.45) is 3.43. The molecule has 0 bridgehead atoms. The first-order chi connectivity index (χ1) is 10.7. The number of pyridine rings is 1. The third kappa shape index (κ3) is 3.66. The molecule has 3 heterocycles. The lowest BCUT2D eigenvalue weighted by molar-refractivity contribution is -0.380. The third-order valence-electron chi connectivity index (χ3n) is 3.56. The average Bonchev–Trinajstić information content (AvgIpc) is 3.05. The van der Waals surface area contributed by atoms with Gasteiger partial charge in [-0.3, -0.25) is 19.9 Å².